The zero-order chi connectivity index (χ0) is 24.9. The van der Waals surface area contributed by atoms with Crippen LogP contribution in [0.15, 0.2) is 53.6 Å². The Hall–Kier alpha value is -3.19. The van der Waals surface area contributed by atoms with Crippen LogP contribution in [0, 0.1) is 0 Å². The Morgan fingerprint density at radius 3 is 2.28 bits per heavy atom. The van der Waals surface area contributed by atoms with Crippen LogP contribution in [-0.2, 0) is 0 Å². The van der Waals surface area contributed by atoms with E-state index in [4.69, 9.17) is 0 Å². The van der Waals surface area contributed by atoms with Gasteiger partial charge in [-0.1, -0.05) is 61.7 Å². The normalized spacial score (nSPS) is 19.5. The fourth-order valence-corrected chi connectivity index (χ4v) is 5.21. The van der Waals surface area contributed by atoms with Crippen LogP contribution in [0.3, 0.4) is 0 Å². The predicted molar refractivity (Wildman–Crippen MR) is 141 cm³/mol. The number of aromatic nitrogens is 1. The fourth-order valence-electron chi connectivity index (χ4n) is 5.21. The standard InChI is InChI=1S/C29H36N4O3/c34-27-25(28(35)30-23-11-5-2-6-12-23)20-33(24-13-14-24)21-26(27)29(36)32-18-16-31(17-19-32)15-7-10-22-8-3-1-4-9-22/h1,3-4,7-10,20-21,23-24H,2,5-6,11-19H2,(H,30,35)/b10-7+. The van der Waals surface area contributed by atoms with Crippen LogP contribution in [0.5, 0.6) is 0 Å². The first-order valence-corrected chi connectivity index (χ1v) is 13.4. The van der Waals surface area contributed by atoms with Gasteiger partial charge in [-0.25, -0.2) is 0 Å². The van der Waals surface area contributed by atoms with Crippen LogP contribution in [0.2, 0.25) is 0 Å². The molecule has 2 saturated carbocycles. The van der Waals surface area contributed by atoms with Gasteiger partial charge >= 0.3 is 0 Å². The molecule has 190 valence electrons. The van der Waals surface area contributed by atoms with Crippen LogP contribution in [0.25, 0.3) is 6.08 Å². The Balaban J connectivity index is 1.24. The van der Waals surface area contributed by atoms with Crippen LogP contribution in [0.1, 0.15) is 77.3 Å². The molecule has 1 N–H and O–H groups in total. The maximum atomic E-state index is 13.4. The predicted octanol–water partition coefficient (Wildman–Crippen LogP) is 3.72. The molecule has 0 spiro atoms. The van der Waals surface area contributed by atoms with E-state index in [1.807, 2.05) is 22.8 Å². The Kier molecular flexibility index (Phi) is 7.66. The largest absolute Gasteiger partial charge is 0.349 e. The van der Waals surface area contributed by atoms with Crippen molar-refractivity contribution < 1.29 is 9.59 Å². The summed E-state index contributed by atoms with van der Waals surface area (Å²) in [5.41, 5.74) is 0.947. The molecule has 1 aromatic heterocycles. The van der Waals surface area contributed by atoms with Crippen molar-refractivity contribution in [3.63, 3.8) is 0 Å². The molecule has 0 bridgehead atoms. The summed E-state index contributed by atoms with van der Waals surface area (Å²) in [5, 5.41) is 3.06. The number of nitrogens with one attached hydrogen (secondary N) is 1. The van der Waals surface area contributed by atoms with E-state index in [0.29, 0.717) is 13.1 Å². The van der Waals surface area contributed by atoms with E-state index < -0.39 is 5.43 Å². The minimum Gasteiger partial charge on any atom is -0.349 e. The molecule has 2 heterocycles. The Morgan fingerprint density at radius 1 is 0.889 bits per heavy atom. The number of carbonyl (C=O) groups excluding carboxylic acids is 2. The third-order valence-electron chi connectivity index (χ3n) is 7.56. The summed E-state index contributed by atoms with van der Waals surface area (Å²) < 4.78 is 1.91. The van der Waals surface area contributed by atoms with E-state index in [0.717, 1.165) is 58.2 Å². The maximum Gasteiger partial charge on any atom is 0.259 e. The molecule has 3 aliphatic rings. The Bertz CT molecular complexity index is 1150. The van der Waals surface area contributed by atoms with Crippen molar-refractivity contribution in [1.82, 2.24) is 19.7 Å². The highest BCUT2D eigenvalue weighted by Crippen LogP contribution is 2.34. The summed E-state index contributed by atoms with van der Waals surface area (Å²) >= 11 is 0. The van der Waals surface area contributed by atoms with Gasteiger partial charge in [0.05, 0.1) is 0 Å². The average molecular weight is 489 g/mol. The van der Waals surface area contributed by atoms with Crippen LogP contribution < -0.4 is 10.7 Å². The van der Waals surface area contributed by atoms with Crippen molar-refractivity contribution in [2.75, 3.05) is 32.7 Å². The lowest BCUT2D eigenvalue weighted by atomic mass is 9.95. The number of piperazine rings is 1. The zero-order valence-electron chi connectivity index (χ0n) is 20.9. The summed E-state index contributed by atoms with van der Waals surface area (Å²) in [4.78, 5) is 43.9. The molecule has 7 heteroatoms. The average Bonchev–Trinajstić information content (AvgIpc) is 3.76. The Morgan fingerprint density at radius 2 is 1.58 bits per heavy atom. The van der Waals surface area contributed by atoms with E-state index in [2.05, 4.69) is 34.5 Å². The van der Waals surface area contributed by atoms with Crippen LogP contribution >= 0.6 is 0 Å². The van der Waals surface area contributed by atoms with Gasteiger partial charge in [0.1, 0.15) is 11.1 Å². The van der Waals surface area contributed by atoms with Gasteiger partial charge in [-0.3, -0.25) is 19.3 Å². The zero-order valence-corrected chi connectivity index (χ0v) is 20.9. The van der Waals surface area contributed by atoms with Crippen molar-refractivity contribution in [3.05, 3.63) is 75.7 Å². The first kappa shape index (κ1) is 24.5. The molecule has 2 aliphatic carbocycles. The third kappa shape index (κ3) is 5.95. The molecule has 7 nitrogen and oxygen atoms in total. The fraction of sp³-hybridized carbons (Fsp3) is 0.483. The molecule has 5 rings (SSSR count). The summed E-state index contributed by atoms with van der Waals surface area (Å²) in [5.74, 6) is -0.604. The first-order chi connectivity index (χ1) is 17.6. The molecule has 1 aromatic carbocycles. The quantitative estimate of drug-likeness (QED) is 0.645. The highest BCUT2D eigenvalue weighted by atomic mass is 16.2. The summed E-state index contributed by atoms with van der Waals surface area (Å²) in [7, 11) is 0. The van der Waals surface area contributed by atoms with Gasteiger partial charge in [0, 0.05) is 57.2 Å². The van der Waals surface area contributed by atoms with Gasteiger partial charge in [0.25, 0.3) is 11.8 Å². The second-order valence-electron chi connectivity index (χ2n) is 10.3. The van der Waals surface area contributed by atoms with E-state index in [9.17, 15) is 14.4 Å². The number of rotatable bonds is 7. The number of amides is 2. The monoisotopic (exact) mass is 488 g/mol. The van der Waals surface area contributed by atoms with Crippen molar-refractivity contribution in [3.8, 4) is 0 Å². The van der Waals surface area contributed by atoms with Gasteiger partial charge in [0.15, 0.2) is 0 Å². The van der Waals surface area contributed by atoms with E-state index in [1.165, 1.54) is 12.0 Å². The number of hydrogen-bond acceptors (Lipinski definition) is 4. The molecule has 1 saturated heterocycles. The molecule has 36 heavy (non-hydrogen) atoms. The number of carbonyl (C=O) groups is 2. The third-order valence-corrected chi connectivity index (χ3v) is 7.56. The molecule has 3 fully saturated rings. The summed E-state index contributed by atoms with van der Waals surface area (Å²) in [6.45, 7) is 3.47. The van der Waals surface area contributed by atoms with Crippen molar-refractivity contribution in [2.45, 2.75) is 57.0 Å². The molecule has 0 radical (unpaired) electrons. The molecular weight excluding hydrogens is 452 g/mol. The van der Waals surface area contributed by atoms with Crippen LogP contribution in [0.4, 0.5) is 0 Å². The highest BCUT2D eigenvalue weighted by molar-refractivity contribution is 5.99. The SMILES string of the molecule is O=C(NC1CCCCC1)c1cn(C2CC2)cc(C(=O)N2CCN(C/C=C/c3ccccc3)CC2)c1=O. The smallest absolute Gasteiger partial charge is 0.259 e. The summed E-state index contributed by atoms with van der Waals surface area (Å²) in [6.07, 6.45) is 14.9. The lowest BCUT2D eigenvalue weighted by Gasteiger charge is -2.34. The first-order valence-electron chi connectivity index (χ1n) is 13.4. The second kappa shape index (κ2) is 11.2. The van der Waals surface area contributed by atoms with Crippen molar-refractivity contribution >= 4 is 17.9 Å². The van der Waals surface area contributed by atoms with Crippen molar-refractivity contribution in [2.24, 2.45) is 0 Å². The molecule has 1 aliphatic heterocycles. The molecule has 0 atom stereocenters. The van der Waals surface area contributed by atoms with Gasteiger partial charge in [-0.2, -0.15) is 0 Å². The van der Waals surface area contributed by atoms with Crippen LogP contribution in [-0.4, -0.2) is 64.9 Å². The highest BCUT2D eigenvalue weighted by Gasteiger charge is 2.30. The minimum absolute atomic E-state index is 0.100. The second-order valence-corrected chi connectivity index (χ2v) is 10.3. The van der Waals surface area contributed by atoms with E-state index >= 15 is 0 Å². The number of nitrogens with zero attached hydrogens (tertiary/aromatic N) is 3. The van der Waals surface area contributed by atoms with Gasteiger partial charge in [-0.05, 0) is 31.2 Å². The molecule has 2 aromatic rings. The van der Waals surface area contributed by atoms with Gasteiger partial charge in [-0.15, -0.1) is 0 Å². The summed E-state index contributed by atoms with van der Waals surface area (Å²) in [6, 6.07) is 10.6. The number of pyridine rings is 1. The molecule has 2 amide bonds. The molecular formula is C29H36N4O3. The van der Waals surface area contributed by atoms with Gasteiger partial charge < -0.3 is 14.8 Å². The van der Waals surface area contributed by atoms with Gasteiger partial charge in [0.2, 0.25) is 5.43 Å². The topological polar surface area (TPSA) is 74.7 Å². The minimum atomic E-state index is -0.446. The lowest BCUT2D eigenvalue weighted by Crippen LogP contribution is -2.49. The number of benzene rings is 1. The maximum absolute atomic E-state index is 13.4. The number of hydrogen-bond donors (Lipinski definition) is 1. The Labute approximate surface area is 212 Å². The van der Waals surface area contributed by atoms with E-state index in [-0.39, 0.29) is 35.0 Å². The molecule has 0 unspecified atom stereocenters. The van der Waals surface area contributed by atoms with E-state index in [1.54, 1.807) is 17.3 Å². The lowest BCUT2D eigenvalue weighted by molar-refractivity contribution is 0.0648. The van der Waals surface area contributed by atoms with Crippen molar-refractivity contribution in [1.29, 1.82) is 0 Å².